The highest BCUT2D eigenvalue weighted by molar-refractivity contribution is 9.10. The summed E-state index contributed by atoms with van der Waals surface area (Å²) in [4.78, 5) is 4.21. The van der Waals surface area contributed by atoms with Crippen molar-refractivity contribution in [1.82, 2.24) is 20.1 Å². The van der Waals surface area contributed by atoms with Gasteiger partial charge in [-0.2, -0.15) is 5.10 Å². The van der Waals surface area contributed by atoms with Crippen molar-refractivity contribution < 1.29 is 4.39 Å². The van der Waals surface area contributed by atoms with Gasteiger partial charge in [-0.3, -0.25) is 9.67 Å². The van der Waals surface area contributed by atoms with E-state index in [0.29, 0.717) is 6.04 Å². The lowest BCUT2D eigenvalue weighted by Gasteiger charge is -2.21. The summed E-state index contributed by atoms with van der Waals surface area (Å²) in [7, 11) is 1.93. The molecule has 0 aliphatic heterocycles. The van der Waals surface area contributed by atoms with Crippen molar-refractivity contribution in [2.75, 3.05) is 0 Å². The highest BCUT2D eigenvalue weighted by atomic mass is 79.9. The first-order valence-electron chi connectivity index (χ1n) is 6.94. The summed E-state index contributed by atoms with van der Waals surface area (Å²) in [5.41, 5.74) is 2.88. The van der Waals surface area contributed by atoms with Crippen LogP contribution in [0.2, 0.25) is 0 Å². The first kappa shape index (κ1) is 16.1. The van der Waals surface area contributed by atoms with Crippen LogP contribution in [0.1, 0.15) is 37.0 Å². The Morgan fingerprint density at radius 1 is 1.38 bits per heavy atom. The van der Waals surface area contributed by atoms with Crippen molar-refractivity contribution in [1.29, 1.82) is 0 Å². The maximum atomic E-state index is 13.1. The van der Waals surface area contributed by atoms with Crippen LogP contribution in [0.15, 0.2) is 22.8 Å². The summed E-state index contributed by atoms with van der Waals surface area (Å²) in [5.74, 6) is -0.320. The van der Waals surface area contributed by atoms with Gasteiger partial charge in [0.25, 0.3) is 0 Å². The van der Waals surface area contributed by atoms with Crippen LogP contribution in [-0.4, -0.2) is 20.8 Å². The largest absolute Gasteiger partial charge is 0.306 e. The highest BCUT2D eigenvalue weighted by Gasteiger charge is 2.20. The molecule has 0 aliphatic rings. The Labute approximate surface area is 132 Å². The minimum Gasteiger partial charge on any atom is -0.306 e. The number of rotatable bonds is 5. The SMILES string of the molecule is Cc1nn(C)c(CC(NC(C)C)c2ccc(F)cn2)c1Br. The summed E-state index contributed by atoms with van der Waals surface area (Å²) in [5, 5.41) is 7.89. The number of nitrogens with zero attached hydrogens (tertiary/aromatic N) is 3. The molecule has 4 nitrogen and oxygen atoms in total. The molecule has 0 aromatic carbocycles. The van der Waals surface area contributed by atoms with Gasteiger partial charge in [0.2, 0.25) is 0 Å². The number of hydrogen-bond acceptors (Lipinski definition) is 3. The quantitative estimate of drug-likeness (QED) is 0.895. The number of aromatic nitrogens is 3. The van der Waals surface area contributed by atoms with Crippen LogP contribution in [0.4, 0.5) is 4.39 Å². The van der Waals surface area contributed by atoms with Gasteiger partial charge in [-0.15, -0.1) is 0 Å². The molecule has 2 rings (SSSR count). The molecule has 21 heavy (non-hydrogen) atoms. The molecule has 1 N–H and O–H groups in total. The van der Waals surface area contributed by atoms with Gasteiger partial charge in [0.15, 0.2) is 0 Å². The molecule has 2 heterocycles. The Kier molecular flexibility index (Phi) is 5.11. The van der Waals surface area contributed by atoms with Crippen LogP contribution in [0, 0.1) is 12.7 Å². The Balaban J connectivity index is 2.30. The fraction of sp³-hybridized carbons (Fsp3) is 0.467. The molecule has 2 aromatic rings. The average molecular weight is 355 g/mol. The average Bonchev–Trinajstić information content (AvgIpc) is 2.65. The van der Waals surface area contributed by atoms with E-state index < -0.39 is 0 Å². The van der Waals surface area contributed by atoms with E-state index in [1.165, 1.54) is 12.3 Å². The lowest BCUT2D eigenvalue weighted by atomic mass is 10.1. The number of halogens is 2. The summed E-state index contributed by atoms with van der Waals surface area (Å²) in [6, 6.07) is 3.49. The molecule has 0 bridgehead atoms. The number of aryl methyl sites for hydroxylation is 2. The summed E-state index contributed by atoms with van der Waals surface area (Å²) in [6.45, 7) is 6.13. The second-order valence-electron chi connectivity index (χ2n) is 5.45. The number of pyridine rings is 1. The molecule has 0 radical (unpaired) electrons. The van der Waals surface area contributed by atoms with Gasteiger partial charge in [0, 0.05) is 19.5 Å². The second-order valence-corrected chi connectivity index (χ2v) is 6.24. The van der Waals surface area contributed by atoms with E-state index in [-0.39, 0.29) is 11.9 Å². The fourth-order valence-electron chi connectivity index (χ4n) is 2.34. The topological polar surface area (TPSA) is 42.7 Å². The van der Waals surface area contributed by atoms with Gasteiger partial charge in [0.05, 0.1) is 33.8 Å². The van der Waals surface area contributed by atoms with Crippen LogP contribution >= 0.6 is 15.9 Å². The summed E-state index contributed by atoms with van der Waals surface area (Å²) < 4.78 is 16.0. The lowest BCUT2D eigenvalue weighted by molar-refractivity contribution is 0.454. The van der Waals surface area contributed by atoms with Crippen LogP contribution in [-0.2, 0) is 13.5 Å². The van der Waals surface area contributed by atoms with E-state index in [1.54, 1.807) is 6.07 Å². The molecular formula is C15H20BrFN4. The van der Waals surface area contributed by atoms with Gasteiger partial charge in [-0.25, -0.2) is 4.39 Å². The van der Waals surface area contributed by atoms with Crippen LogP contribution in [0.3, 0.4) is 0 Å². The molecule has 114 valence electrons. The second kappa shape index (κ2) is 6.66. The molecule has 0 saturated carbocycles. The van der Waals surface area contributed by atoms with E-state index >= 15 is 0 Å². The van der Waals surface area contributed by atoms with Crippen molar-refractivity contribution in [2.45, 2.75) is 39.3 Å². The van der Waals surface area contributed by atoms with E-state index in [1.807, 2.05) is 18.7 Å². The molecule has 0 fully saturated rings. The predicted molar refractivity (Wildman–Crippen MR) is 84.6 cm³/mol. The maximum Gasteiger partial charge on any atom is 0.141 e. The number of nitrogens with one attached hydrogen (secondary N) is 1. The molecule has 1 atom stereocenters. The van der Waals surface area contributed by atoms with Crippen LogP contribution in [0.25, 0.3) is 0 Å². The third-order valence-electron chi connectivity index (χ3n) is 3.30. The molecule has 1 unspecified atom stereocenters. The zero-order chi connectivity index (χ0) is 15.6. The van der Waals surface area contributed by atoms with Gasteiger partial charge in [-0.1, -0.05) is 13.8 Å². The van der Waals surface area contributed by atoms with E-state index in [9.17, 15) is 4.39 Å². The molecule has 2 aromatic heterocycles. The first-order chi connectivity index (χ1) is 9.88. The van der Waals surface area contributed by atoms with Crippen LogP contribution < -0.4 is 5.32 Å². The summed E-state index contributed by atoms with van der Waals surface area (Å²) in [6.07, 6.45) is 1.99. The molecule has 0 aliphatic carbocycles. The Morgan fingerprint density at radius 3 is 2.57 bits per heavy atom. The first-order valence-corrected chi connectivity index (χ1v) is 7.73. The van der Waals surface area contributed by atoms with Crippen LogP contribution in [0.5, 0.6) is 0 Å². The third kappa shape index (κ3) is 3.89. The molecule has 0 saturated heterocycles. The highest BCUT2D eigenvalue weighted by Crippen LogP contribution is 2.25. The van der Waals surface area contributed by atoms with E-state index in [4.69, 9.17) is 0 Å². The smallest absolute Gasteiger partial charge is 0.141 e. The Bertz CT molecular complexity index is 607. The van der Waals surface area contributed by atoms with Crippen molar-refractivity contribution in [3.8, 4) is 0 Å². The molecule has 0 spiro atoms. The van der Waals surface area contributed by atoms with Gasteiger partial charge in [0.1, 0.15) is 5.82 Å². The predicted octanol–water partition coefficient (Wildman–Crippen LogP) is 3.31. The van der Waals surface area contributed by atoms with Gasteiger partial charge in [-0.05, 0) is 35.0 Å². The normalized spacial score (nSPS) is 12.9. The minimum atomic E-state index is -0.320. The van der Waals surface area contributed by atoms with E-state index in [0.717, 1.165) is 28.0 Å². The van der Waals surface area contributed by atoms with Gasteiger partial charge < -0.3 is 5.32 Å². The van der Waals surface area contributed by atoms with Crippen molar-refractivity contribution in [3.05, 3.63) is 45.7 Å². The molecular weight excluding hydrogens is 335 g/mol. The van der Waals surface area contributed by atoms with Crippen molar-refractivity contribution in [2.24, 2.45) is 7.05 Å². The maximum absolute atomic E-state index is 13.1. The fourth-order valence-corrected chi connectivity index (χ4v) is 2.84. The lowest BCUT2D eigenvalue weighted by Crippen LogP contribution is -2.30. The third-order valence-corrected chi connectivity index (χ3v) is 4.33. The molecule has 0 amide bonds. The van der Waals surface area contributed by atoms with E-state index in [2.05, 4.69) is 45.2 Å². The Hall–Kier alpha value is -1.27. The van der Waals surface area contributed by atoms with Crippen molar-refractivity contribution in [3.63, 3.8) is 0 Å². The standard InChI is InChI=1S/C15H20BrFN4/c1-9(2)19-13(12-6-5-11(17)8-18-12)7-14-15(16)10(3)20-21(14)4/h5-6,8-9,13,19H,7H2,1-4H3. The van der Waals surface area contributed by atoms with Crippen molar-refractivity contribution >= 4 is 15.9 Å². The summed E-state index contributed by atoms with van der Waals surface area (Å²) >= 11 is 3.59. The zero-order valence-electron chi connectivity index (χ0n) is 12.7. The van der Waals surface area contributed by atoms with Gasteiger partial charge >= 0.3 is 0 Å². The monoisotopic (exact) mass is 354 g/mol. The Morgan fingerprint density at radius 2 is 2.10 bits per heavy atom. The molecule has 6 heteroatoms. The minimum absolute atomic E-state index is 0.0108. The zero-order valence-corrected chi connectivity index (χ0v) is 14.3. The number of hydrogen-bond donors (Lipinski definition) is 1.